The number of rotatable bonds is 9. The van der Waals surface area contributed by atoms with Crippen molar-refractivity contribution in [1.29, 1.82) is 0 Å². The van der Waals surface area contributed by atoms with Crippen molar-refractivity contribution in [3.8, 4) is 5.75 Å². The van der Waals surface area contributed by atoms with Crippen molar-refractivity contribution in [1.82, 2.24) is 14.9 Å². The first-order chi connectivity index (χ1) is 16.1. The third kappa shape index (κ3) is 6.32. The molecule has 174 valence electrons. The Morgan fingerprint density at radius 1 is 1.21 bits per heavy atom. The second-order valence-electron chi connectivity index (χ2n) is 7.12. The molecule has 33 heavy (non-hydrogen) atoms. The Bertz CT molecular complexity index is 1070. The average Bonchev–Trinajstić information content (AvgIpc) is 3.31. The van der Waals surface area contributed by atoms with Crippen molar-refractivity contribution >= 4 is 51.4 Å². The standard InChI is InChI=1S/C22H24ClN5O4S/c1-30-21(29)17-6-13-33-20(17)26-19-18(23)14-24-22(27-19)25-15-2-4-16(5-3-15)32-12-9-28-7-10-31-11-8-28/h2-6,13-14H,7-12H2,1H3,(H2,24,25,26,27). The van der Waals surface area contributed by atoms with Gasteiger partial charge in [-0.2, -0.15) is 4.98 Å². The first-order valence-electron chi connectivity index (χ1n) is 10.4. The van der Waals surface area contributed by atoms with Crippen LogP contribution in [-0.2, 0) is 9.47 Å². The molecule has 0 atom stereocenters. The monoisotopic (exact) mass is 489 g/mol. The molecule has 3 heterocycles. The predicted molar refractivity (Wildman–Crippen MR) is 128 cm³/mol. The molecular formula is C22H24ClN5O4S. The lowest BCUT2D eigenvalue weighted by molar-refractivity contribution is 0.0322. The quantitative estimate of drug-likeness (QED) is 0.429. The van der Waals surface area contributed by atoms with Gasteiger partial charge >= 0.3 is 5.97 Å². The van der Waals surface area contributed by atoms with Gasteiger partial charge < -0.3 is 24.8 Å². The molecule has 0 saturated carbocycles. The molecule has 0 aliphatic carbocycles. The highest BCUT2D eigenvalue weighted by Crippen LogP contribution is 2.31. The van der Waals surface area contributed by atoms with E-state index in [0.29, 0.717) is 34.0 Å². The zero-order chi connectivity index (χ0) is 23.0. The molecule has 9 nitrogen and oxygen atoms in total. The molecule has 0 bridgehead atoms. The van der Waals surface area contributed by atoms with Crippen LogP contribution in [0.4, 0.5) is 22.5 Å². The van der Waals surface area contributed by atoms with Gasteiger partial charge in [-0.25, -0.2) is 9.78 Å². The normalized spacial score (nSPS) is 14.0. The minimum absolute atomic E-state index is 0.328. The van der Waals surface area contributed by atoms with Crippen molar-refractivity contribution in [2.45, 2.75) is 0 Å². The Kier molecular flexibility index (Phi) is 7.95. The maximum absolute atomic E-state index is 11.9. The number of aromatic nitrogens is 2. The van der Waals surface area contributed by atoms with E-state index in [9.17, 15) is 4.79 Å². The second-order valence-corrected chi connectivity index (χ2v) is 8.45. The molecule has 1 aliphatic heterocycles. The molecule has 0 amide bonds. The third-order valence-electron chi connectivity index (χ3n) is 4.94. The van der Waals surface area contributed by atoms with Crippen LogP contribution in [0.1, 0.15) is 10.4 Å². The summed E-state index contributed by atoms with van der Waals surface area (Å²) in [7, 11) is 1.34. The van der Waals surface area contributed by atoms with Crippen LogP contribution in [0.5, 0.6) is 5.75 Å². The smallest absolute Gasteiger partial charge is 0.340 e. The minimum Gasteiger partial charge on any atom is -0.492 e. The van der Waals surface area contributed by atoms with Crippen LogP contribution in [0.15, 0.2) is 41.9 Å². The molecule has 1 fully saturated rings. The highest BCUT2D eigenvalue weighted by molar-refractivity contribution is 7.14. The van der Waals surface area contributed by atoms with E-state index in [2.05, 4.69) is 25.5 Å². The summed E-state index contributed by atoms with van der Waals surface area (Å²) in [4.78, 5) is 22.9. The number of ether oxygens (including phenoxy) is 3. The summed E-state index contributed by atoms with van der Waals surface area (Å²) in [5, 5.41) is 8.93. The van der Waals surface area contributed by atoms with Gasteiger partial charge in [0.15, 0.2) is 5.82 Å². The summed E-state index contributed by atoms with van der Waals surface area (Å²) < 4.78 is 16.0. The van der Waals surface area contributed by atoms with Gasteiger partial charge in [-0.3, -0.25) is 4.90 Å². The van der Waals surface area contributed by atoms with E-state index in [1.165, 1.54) is 24.6 Å². The van der Waals surface area contributed by atoms with E-state index >= 15 is 0 Å². The van der Waals surface area contributed by atoms with Crippen molar-refractivity contribution in [3.05, 3.63) is 52.5 Å². The topological polar surface area (TPSA) is 97.8 Å². The maximum Gasteiger partial charge on any atom is 0.340 e. The zero-order valence-electron chi connectivity index (χ0n) is 18.0. The number of halogens is 1. The number of benzene rings is 1. The number of methoxy groups -OCH3 is 1. The first-order valence-corrected chi connectivity index (χ1v) is 11.6. The summed E-state index contributed by atoms with van der Waals surface area (Å²) in [6, 6.07) is 9.25. The number of esters is 1. The Balaban J connectivity index is 1.35. The van der Waals surface area contributed by atoms with Crippen LogP contribution in [0.2, 0.25) is 5.02 Å². The van der Waals surface area contributed by atoms with Crippen LogP contribution in [0.3, 0.4) is 0 Å². The van der Waals surface area contributed by atoms with Crippen LogP contribution in [0.25, 0.3) is 0 Å². The van der Waals surface area contributed by atoms with Gasteiger partial charge in [0.25, 0.3) is 0 Å². The summed E-state index contributed by atoms with van der Waals surface area (Å²) in [5.41, 5.74) is 1.21. The third-order valence-corrected chi connectivity index (χ3v) is 6.04. The molecular weight excluding hydrogens is 466 g/mol. The highest BCUT2D eigenvalue weighted by Gasteiger charge is 2.16. The molecule has 1 saturated heterocycles. The van der Waals surface area contributed by atoms with Crippen LogP contribution in [0, 0.1) is 0 Å². The minimum atomic E-state index is -0.436. The number of hydrogen-bond donors (Lipinski definition) is 2. The number of carbonyl (C=O) groups excluding carboxylic acids is 1. The average molecular weight is 490 g/mol. The molecule has 2 N–H and O–H groups in total. The van der Waals surface area contributed by atoms with Gasteiger partial charge in [-0.15, -0.1) is 11.3 Å². The fraction of sp³-hybridized carbons (Fsp3) is 0.318. The molecule has 2 aromatic heterocycles. The molecule has 0 radical (unpaired) electrons. The largest absolute Gasteiger partial charge is 0.492 e. The van der Waals surface area contributed by atoms with Crippen molar-refractivity contribution in [2.24, 2.45) is 0 Å². The Morgan fingerprint density at radius 3 is 2.76 bits per heavy atom. The fourth-order valence-corrected chi connectivity index (χ4v) is 4.09. The Labute approximate surface area is 200 Å². The number of morpholine rings is 1. The second kappa shape index (κ2) is 11.3. The van der Waals surface area contributed by atoms with Gasteiger partial charge in [-0.1, -0.05) is 11.6 Å². The summed E-state index contributed by atoms with van der Waals surface area (Å²) in [5.74, 6) is 1.10. The van der Waals surface area contributed by atoms with E-state index in [-0.39, 0.29) is 0 Å². The Morgan fingerprint density at radius 2 is 2.00 bits per heavy atom. The molecule has 1 aliphatic rings. The van der Waals surface area contributed by atoms with E-state index in [1.54, 1.807) is 11.4 Å². The fourth-order valence-electron chi connectivity index (χ4n) is 3.18. The first kappa shape index (κ1) is 23.2. The number of anilines is 4. The molecule has 0 spiro atoms. The van der Waals surface area contributed by atoms with Crippen molar-refractivity contribution in [3.63, 3.8) is 0 Å². The maximum atomic E-state index is 11.9. The highest BCUT2D eigenvalue weighted by atomic mass is 35.5. The van der Waals surface area contributed by atoms with Crippen LogP contribution < -0.4 is 15.4 Å². The summed E-state index contributed by atoms with van der Waals surface area (Å²) >= 11 is 7.60. The number of hydrogen-bond acceptors (Lipinski definition) is 10. The van der Waals surface area contributed by atoms with Crippen LogP contribution >= 0.6 is 22.9 Å². The van der Waals surface area contributed by atoms with E-state index in [1.807, 2.05) is 24.3 Å². The van der Waals surface area contributed by atoms with E-state index in [4.69, 9.17) is 25.8 Å². The molecule has 4 rings (SSSR count). The molecule has 0 unspecified atom stereocenters. The van der Waals surface area contributed by atoms with Gasteiger partial charge in [0.05, 0.1) is 32.1 Å². The summed E-state index contributed by atoms with van der Waals surface area (Å²) in [6.45, 7) is 4.95. The number of nitrogens with one attached hydrogen (secondary N) is 2. The lowest BCUT2D eigenvalue weighted by atomic mass is 10.3. The van der Waals surface area contributed by atoms with Crippen LogP contribution in [-0.4, -0.2) is 67.4 Å². The number of carbonyl (C=O) groups is 1. The number of thiophene rings is 1. The predicted octanol–water partition coefficient (Wildman–Crippen LogP) is 4.18. The van der Waals surface area contributed by atoms with Crippen molar-refractivity contribution in [2.75, 3.05) is 57.2 Å². The number of nitrogens with zero attached hydrogens (tertiary/aromatic N) is 3. The van der Waals surface area contributed by atoms with E-state index in [0.717, 1.165) is 44.3 Å². The van der Waals surface area contributed by atoms with E-state index < -0.39 is 5.97 Å². The lowest BCUT2D eigenvalue weighted by Crippen LogP contribution is -2.38. The summed E-state index contributed by atoms with van der Waals surface area (Å²) in [6.07, 6.45) is 1.49. The Hall–Kier alpha value is -2.92. The molecule has 1 aromatic carbocycles. The van der Waals surface area contributed by atoms with Crippen molar-refractivity contribution < 1.29 is 19.0 Å². The molecule has 11 heteroatoms. The SMILES string of the molecule is COC(=O)c1ccsc1Nc1nc(Nc2ccc(OCCN3CCOCC3)cc2)ncc1Cl. The lowest BCUT2D eigenvalue weighted by Gasteiger charge is -2.26. The van der Waals surface area contributed by atoms with Gasteiger partial charge in [0.2, 0.25) is 5.95 Å². The zero-order valence-corrected chi connectivity index (χ0v) is 19.6. The van der Waals surface area contributed by atoms with Gasteiger partial charge in [-0.05, 0) is 35.7 Å². The van der Waals surface area contributed by atoms with Gasteiger partial charge in [0, 0.05) is 25.3 Å². The van der Waals surface area contributed by atoms with Gasteiger partial charge in [0.1, 0.15) is 22.4 Å². The molecule has 3 aromatic rings.